The van der Waals surface area contributed by atoms with Gasteiger partial charge in [-0.25, -0.2) is 0 Å². The van der Waals surface area contributed by atoms with Crippen LogP contribution in [0.1, 0.15) is 24.8 Å². The van der Waals surface area contributed by atoms with Crippen molar-refractivity contribution in [1.82, 2.24) is 4.90 Å². The zero-order chi connectivity index (χ0) is 14.7. The van der Waals surface area contributed by atoms with E-state index in [4.69, 9.17) is 4.74 Å². The molecule has 20 heavy (non-hydrogen) atoms. The number of amides is 1. The van der Waals surface area contributed by atoms with Gasteiger partial charge in [-0.3, -0.25) is 9.59 Å². The molecule has 0 bridgehead atoms. The number of nitrogens with zero attached hydrogens (tertiary/aromatic N) is 1. The molecular weight excluding hydrogens is 258 g/mol. The van der Waals surface area contributed by atoms with Gasteiger partial charge in [0.05, 0.1) is 6.61 Å². The van der Waals surface area contributed by atoms with Crippen LogP contribution in [0.5, 0.6) is 0 Å². The third kappa shape index (κ3) is 2.67. The summed E-state index contributed by atoms with van der Waals surface area (Å²) in [4.78, 5) is 25.6. The SMILES string of the molecule is CCOC(=O)C1C(=O)N(C)C(O)CC1c1ccccc1. The molecule has 0 saturated carbocycles. The van der Waals surface area contributed by atoms with E-state index >= 15 is 0 Å². The van der Waals surface area contributed by atoms with Crippen molar-refractivity contribution in [2.24, 2.45) is 5.92 Å². The summed E-state index contributed by atoms with van der Waals surface area (Å²) in [5.41, 5.74) is 0.867. The largest absolute Gasteiger partial charge is 0.465 e. The molecule has 3 unspecified atom stereocenters. The molecule has 0 radical (unpaired) electrons. The van der Waals surface area contributed by atoms with Crippen LogP contribution < -0.4 is 0 Å². The number of likely N-dealkylation sites (tertiary alicyclic amines) is 1. The summed E-state index contributed by atoms with van der Waals surface area (Å²) in [5, 5.41) is 9.96. The van der Waals surface area contributed by atoms with Gasteiger partial charge in [-0.05, 0) is 12.5 Å². The highest BCUT2D eigenvalue weighted by Crippen LogP contribution is 2.36. The van der Waals surface area contributed by atoms with E-state index in [0.717, 1.165) is 5.56 Å². The van der Waals surface area contributed by atoms with Crippen molar-refractivity contribution in [2.75, 3.05) is 13.7 Å². The summed E-state index contributed by atoms with van der Waals surface area (Å²) in [6.07, 6.45) is -0.547. The maximum atomic E-state index is 12.3. The number of hydrogen-bond donors (Lipinski definition) is 1. The van der Waals surface area contributed by atoms with Crippen molar-refractivity contribution in [3.05, 3.63) is 35.9 Å². The minimum atomic E-state index is -0.884. The van der Waals surface area contributed by atoms with Crippen LogP contribution in [0, 0.1) is 5.92 Å². The Balaban J connectivity index is 2.35. The maximum absolute atomic E-state index is 12.3. The normalized spacial score (nSPS) is 26.4. The number of esters is 1. The monoisotopic (exact) mass is 277 g/mol. The second-order valence-corrected chi connectivity index (χ2v) is 4.91. The highest BCUT2D eigenvalue weighted by Gasteiger charge is 2.45. The van der Waals surface area contributed by atoms with Crippen LogP contribution in [-0.4, -0.2) is 41.8 Å². The van der Waals surface area contributed by atoms with Gasteiger partial charge in [-0.1, -0.05) is 30.3 Å². The first-order valence-corrected chi connectivity index (χ1v) is 6.72. The number of ether oxygens (including phenoxy) is 1. The number of rotatable bonds is 3. The van der Waals surface area contributed by atoms with Crippen molar-refractivity contribution in [3.8, 4) is 0 Å². The molecule has 1 aliphatic heterocycles. The Morgan fingerprint density at radius 2 is 2.05 bits per heavy atom. The van der Waals surface area contributed by atoms with Gasteiger partial charge in [0.15, 0.2) is 0 Å². The van der Waals surface area contributed by atoms with Gasteiger partial charge in [0.2, 0.25) is 5.91 Å². The average Bonchev–Trinajstić information content (AvgIpc) is 2.45. The third-order valence-electron chi connectivity index (χ3n) is 3.70. The smallest absolute Gasteiger partial charge is 0.319 e. The lowest BCUT2D eigenvalue weighted by Crippen LogP contribution is -2.51. The zero-order valence-electron chi connectivity index (χ0n) is 11.7. The molecule has 108 valence electrons. The molecule has 3 atom stereocenters. The van der Waals surface area contributed by atoms with Crippen molar-refractivity contribution in [3.63, 3.8) is 0 Å². The van der Waals surface area contributed by atoms with Crippen LogP contribution in [0.4, 0.5) is 0 Å². The number of piperidine rings is 1. The summed E-state index contributed by atoms with van der Waals surface area (Å²) in [6.45, 7) is 1.94. The molecule has 1 heterocycles. The first-order chi connectivity index (χ1) is 9.56. The van der Waals surface area contributed by atoms with Gasteiger partial charge >= 0.3 is 5.97 Å². The minimum Gasteiger partial charge on any atom is -0.465 e. The van der Waals surface area contributed by atoms with Crippen molar-refractivity contribution in [2.45, 2.75) is 25.5 Å². The van der Waals surface area contributed by atoms with Gasteiger partial charge in [-0.15, -0.1) is 0 Å². The number of carbonyl (C=O) groups is 2. The highest BCUT2D eigenvalue weighted by molar-refractivity contribution is 5.99. The van der Waals surface area contributed by atoms with Crippen molar-refractivity contribution in [1.29, 1.82) is 0 Å². The van der Waals surface area contributed by atoms with E-state index in [-0.39, 0.29) is 12.5 Å². The summed E-state index contributed by atoms with van der Waals surface area (Å²) in [6, 6.07) is 9.31. The molecule has 2 rings (SSSR count). The van der Waals surface area contributed by atoms with Crippen LogP contribution in [0.15, 0.2) is 30.3 Å². The summed E-state index contributed by atoms with van der Waals surface area (Å²) >= 11 is 0. The zero-order valence-corrected chi connectivity index (χ0v) is 11.7. The molecule has 0 aromatic heterocycles. The molecule has 1 aliphatic rings. The second kappa shape index (κ2) is 6.05. The van der Waals surface area contributed by atoms with E-state index in [1.165, 1.54) is 11.9 Å². The fourth-order valence-corrected chi connectivity index (χ4v) is 2.59. The number of aliphatic hydroxyl groups excluding tert-OH is 1. The Hall–Kier alpha value is -1.88. The van der Waals surface area contributed by atoms with Gasteiger partial charge < -0.3 is 14.7 Å². The molecule has 0 spiro atoms. The van der Waals surface area contributed by atoms with Crippen molar-refractivity contribution >= 4 is 11.9 Å². The molecule has 1 saturated heterocycles. The van der Waals surface area contributed by atoms with Gasteiger partial charge in [-0.2, -0.15) is 0 Å². The Labute approximate surface area is 118 Å². The first kappa shape index (κ1) is 14.5. The van der Waals surface area contributed by atoms with Crippen LogP contribution in [-0.2, 0) is 14.3 Å². The molecule has 1 aromatic rings. The Morgan fingerprint density at radius 3 is 2.65 bits per heavy atom. The quantitative estimate of drug-likeness (QED) is 0.664. The fourth-order valence-electron chi connectivity index (χ4n) is 2.59. The summed E-state index contributed by atoms with van der Waals surface area (Å²) in [7, 11) is 1.50. The summed E-state index contributed by atoms with van der Waals surface area (Å²) in [5.74, 6) is -2.15. The maximum Gasteiger partial charge on any atom is 0.319 e. The van der Waals surface area contributed by atoms with E-state index in [0.29, 0.717) is 6.42 Å². The Morgan fingerprint density at radius 1 is 1.40 bits per heavy atom. The lowest BCUT2D eigenvalue weighted by Gasteiger charge is -2.38. The molecule has 0 aliphatic carbocycles. The summed E-state index contributed by atoms with van der Waals surface area (Å²) < 4.78 is 5.02. The van der Waals surface area contributed by atoms with Gasteiger partial charge in [0.25, 0.3) is 0 Å². The van der Waals surface area contributed by atoms with Gasteiger partial charge in [0, 0.05) is 19.4 Å². The second-order valence-electron chi connectivity index (χ2n) is 4.91. The minimum absolute atomic E-state index is 0.233. The predicted octanol–water partition coefficient (Wildman–Crippen LogP) is 1.13. The molecule has 1 N–H and O–H groups in total. The molecule has 5 nitrogen and oxygen atoms in total. The molecule has 1 fully saturated rings. The first-order valence-electron chi connectivity index (χ1n) is 6.72. The van der Waals surface area contributed by atoms with Crippen LogP contribution in [0.25, 0.3) is 0 Å². The van der Waals surface area contributed by atoms with Crippen molar-refractivity contribution < 1.29 is 19.4 Å². The van der Waals surface area contributed by atoms with Gasteiger partial charge in [0.1, 0.15) is 12.1 Å². The standard InChI is InChI=1S/C15H19NO4/c1-3-20-15(19)13-11(10-7-5-4-6-8-10)9-12(17)16(2)14(13)18/h4-8,11-13,17H,3,9H2,1-2H3. The van der Waals surface area contributed by atoms with Crippen LogP contribution in [0.2, 0.25) is 0 Å². The molecule has 5 heteroatoms. The van der Waals surface area contributed by atoms with Crippen LogP contribution in [0.3, 0.4) is 0 Å². The van der Waals surface area contributed by atoms with Crippen LogP contribution >= 0.6 is 0 Å². The lowest BCUT2D eigenvalue weighted by molar-refractivity contribution is -0.166. The fraction of sp³-hybridized carbons (Fsp3) is 0.467. The van der Waals surface area contributed by atoms with E-state index in [2.05, 4.69) is 0 Å². The topological polar surface area (TPSA) is 66.8 Å². The van der Waals surface area contributed by atoms with E-state index in [1.807, 2.05) is 30.3 Å². The molecular formula is C15H19NO4. The third-order valence-corrected chi connectivity index (χ3v) is 3.70. The lowest BCUT2D eigenvalue weighted by atomic mass is 9.79. The van der Waals surface area contributed by atoms with E-state index in [1.54, 1.807) is 6.92 Å². The molecule has 1 amide bonds. The molecule has 1 aromatic carbocycles. The predicted molar refractivity (Wildman–Crippen MR) is 72.7 cm³/mol. The number of aliphatic hydroxyl groups is 1. The Bertz CT molecular complexity index is 488. The average molecular weight is 277 g/mol. The van der Waals surface area contributed by atoms with E-state index < -0.39 is 24.0 Å². The number of benzene rings is 1. The Kier molecular flexibility index (Phi) is 4.39. The number of hydrogen-bond acceptors (Lipinski definition) is 4. The highest BCUT2D eigenvalue weighted by atomic mass is 16.5. The number of carbonyl (C=O) groups excluding carboxylic acids is 2. The van der Waals surface area contributed by atoms with E-state index in [9.17, 15) is 14.7 Å².